The summed E-state index contributed by atoms with van der Waals surface area (Å²) >= 11 is 0. The molecule has 82 valence electrons. The van der Waals surface area contributed by atoms with Crippen LogP contribution in [0.25, 0.3) is 11.1 Å². The molecular formula is C16H18. The summed E-state index contributed by atoms with van der Waals surface area (Å²) in [7, 11) is 0. The van der Waals surface area contributed by atoms with Crippen molar-refractivity contribution in [3.05, 3.63) is 60.1 Å². The lowest BCUT2D eigenvalue weighted by Gasteiger charge is -2.23. The molecule has 0 nitrogen and oxygen atoms in total. The maximum atomic E-state index is 8.20. The molecule has 0 bridgehead atoms. The number of hydrogen-bond acceptors (Lipinski definition) is 0. The van der Waals surface area contributed by atoms with Crippen LogP contribution in [0.3, 0.4) is 0 Å². The minimum absolute atomic E-state index is 0.0297. The molecule has 0 aromatic heterocycles. The summed E-state index contributed by atoms with van der Waals surface area (Å²) < 4.78 is 32.1. The Bertz CT molecular complexity index is 640. The Morgan fingerprint density at radius 3 is 2.19 bits per heavy atom. The van der Waals surface area contributed by atoms with E-state index in [1.807, 2.05) is 51.1 Å². The molecule has 0 aliphatic carbocycles. The van der Waals surface area contributed by atoms with Crippen LogP contribution in [0.4, 0.5) is 0 Å². The maximum absolute atomic E-state index is 8.20. The molecule has 0 aliphatic rings. The molecular weight excluding hydrogens is 192 g/mol. The Hall–Kier alpha value is -1.56. The van der Waals surface area contributed by atoms with Crippen LogP contribution in [-0.4, -0.2) is 0 Å². The van der Waals surface area contributed by atoms with E-state index in [9.17, 15) is 0 Å². The van der Waals surface area contributed by atoms with Crippen LogP contribution in [0.1, 0.15) is 31.8 Å². The van der Waals surface area contributed by atoms with Crippen LogP contribution in [-0.2, 0) is 5.41 Å². The molecule has 0 saturated carbocycles. The van der Waals surface area contributed by atoms with Gasteiger partial charge in [0.05, 0.1) is 5.48 Å². The van der Waals surface area contributed by atoms with E-state index in [4.69, 9.17) is 5.48 Å². The SMILES string of the molecule is [2H]c1c([2H])c([2H])c(C(C)(C)C)c(-c2ccccc2)c1[2H]. The molecule has 0 radical (unpaired) electrons. The molecule has 2 aromatic carbocycles. The van der Waals surface area contributed by atoms with Gasteiger partial charge in [0.15, 0.2) is 0 Å². The summed E-state index contributed by atoms with van der Waals surface area (Å²) in [6.07, 6.45) is 0. The fourth-order valence-corrected chi connectivity index (χ4v) is 1.70. The highest BCUT2D eigenvalue weighted by Gasteiger charge is 2.17. The second kappa shape index (κ2) is 4.13. The summed E-state index contributed by atoms with van der Waals surface area (Å²) in [4.78, 5) is 0. The molecule has 0 aliphatic heterocycles. The van der Waals surface area contributed by atoms with E-state index >= 15 is 0 Å². The van der Waals surface area contributed by atoms with Gasteiger partial charge in [0.25, 0.3) is 0 Å². The topological polar surface area (TPSA) is 0 Å². The first-order chi connectivity index (χ1) is 9.25. The monoisotopic (exact) mass is 214 g/mol. The first-order valence-corrected chi connectivity index (χ1v) is 5.41. The third-order valence-electron chi connectivity index (χ3n) is 2.50. The molecule has 0 unspecified atom stereocenters. The van der Waals surface area contributed by atoms with Gasteiger partial charge in [-0.3, -0.25) is 0 Å². The molecule has 0 spiro atoms. The van der Waals surface area contributed by atoms with E-state index in [-0.39, 0.29) is 29.6 Å². The molecule has 0 saturated heterocycles. The lowest BCUT2D eigenvalue weighted by Crippen LogP contribution is -2.12. The third kappa shape index (κ3) is 2.16. The minimum Gasteiger partial charge on any atom is -0.0622 e. The first kappa shape index (κ1) is 6.90. The quantitative estimate of drug-likeness (QED) is 0.648. The van der Waals surface area contributed by atoms with Crippen molar-refractivity contribution in [2.45, 2.75) is 26.2 Å². The second-order valence-corrected chi connectivity index (χ2v) is 4.87. The van der Waals surface area contributed by atoms with Gasteiger partial charge in [-0.05, 0) is 22.1 Å². The summed E-state index contributed by atoms with van der Waals surface area (Å²) in [6.45, 7) is 5.90. The number of rotatable bonds is 1. The normalized spacial score (nSPS) is 14.9. The predicted molar refractivity (Wildman–Crippen MR) is 70.6 cm³/mol. The van der Waals surface area contributed by atoms with Gasteiger partial charge >= 0.3 is 0 Å². The van der Waals surface area contributed by atoms with Crippen molar-refractivity contribution in [3.63, 3.8) is 0 Å². The van der Waals surface area contributed by atoms with E-state index in [0.29, 0.717) is 11.1 Å². The number of hydrogen-bond donors (Lipinski definition) is 0. The van der Waals surface area contributed by atoms with Crippen LogP contribution >= 0.6 is 0 Å². The average Bonchev–Trinajstić information content (AvgIpc) is 2.39. The standard InChI is InChI=1S/C16H18/c1-16(2,3)15-12-8-7-11-14(15)13-9-5-4-6-10-13/h4-12H,1-3H3/i7D,8D,11D,12D. The van der Waals surface area contributed by atoms with Crippen molar-refractivity contribution < 1.29 is 5.48 Å². The van der Waals surface area contributed by atoms with Gasteiger partial charge in [0.2, 0.25) is 0 Å². The van der Waals surface area contributed by atoms with Gasteiger partial charge < -0.3 is 0 Å². The molecule has 0 amide bonds. The molecule has 0 fully saturated rings. The molecule has 0 heterocycles. The molecule has 2 aromatic rings. The summed E-state index contributed by atoms with van der Waals surface area (Å²) in [5.74, 6) is 0. The fraction of sp³-hybridized carbons (Fsp3) is 0.250. The van der Waals surface area contributed by atoms with Gasteiger partial charge in [0.1, 0.15) is 0 Å². The predicted octanol–water partition coefficient (Wildman–Crippen LogP) is 4.65. The smallest absolute Gasteiger partial charge is 0.0622 e. The molecule has 0 atom stereocenters. The zero-order valence-corrected chi connectivity index (χ0v) is 9.89. The third-order valence-corrected chi connectivity index (χ3v) is 2.50. The summed E-state index contributed by atoms with van der Waals surface area (Å²) in [5, 5.41) is 0. The first-order valence-electron chi connectivity index (χ1n) is 7.41. The lowest BCUT2D eigenvalue weighted by atomic mass is 9.82. The Balaban J connectivity index is 2.92. The highest BCUT2D eigenvalue weighted by molar-refractivity contribution is 5.68. The van der Waals surface area contributed by atoms with Crippen LogP contribution in [0, 0.1) is 0 Å². The van der Waals surface area contributed by atoms with Crippen LogP contribution < -0.4 is 0 Å². The second-order valence-electron chi connectivity index (χ2n) is 4.87. The van der Waals surface area contributed by atoms with Gasteiger partial charge in [0, 0.05) is 0 Å². The van der Waals surface area contributed by atoms with E-state index in [0.717, 1.165) is 5.56 Å². The van der Waals surface area contributed by atoms with Crippen molar-refractivity contribution in [1.82, 2.24) is 0 Å². The van der Waals surface area contributed by atoms with E-state index in [1.54, 1.807) is 0 Å². The van der Waals surface area contributed by atoms with Gasteiger partial charge in [-0.1, -0.05) is 75.3 Å². The zero-order valence-electron chi connectivity index (χ0n) is 13.9. The Morgan fingerprint density at radius 2 is 1.56 bits per heavy atom. The molecule has 2 rings (SSSR count). The fourth-order valence-electron chi connectivity index (χ4n) is 1.70. The lowest BCUT2D eigenvalue weighted by molar-refractivity contribution is 0.592. The van der Waals surface area contributed by atoms with Crippen molar-refractivity contribution in [2.75, 3.05) is 0 Å². The average molecular weight is 214 g/mol. The number of benzene rings is 2. The molecule has 16 heavy (non-hydrogen) atoms. The Kier molecular flexibility index (Phi) is 1.78. The highest BCUT2D eigenvalue weighted by atomic mass is 14.2. The van der Waals surface area contributed by atoms with E-state index in [1.165, 1.54) is 0 Å². The Labute approximate surface area is 104 Å². The summed E-state index contributed by atoms with van der Waals surface area (Å²) in [5.41, 5.74) is 1.73. The van der Waals surface area contributed by atoms with Gasteiger partial charge in [-0.25, -0.2) is 0 Å². The van der Waals surface area contributed by atoms with Crippen molar-refractivity contribution in [1.29, 1.82) is 0 Å². The molecule has 0 N–H and O–H groups in total. The Morgan fingerprint density at radius 1 is 0.938 bits per heavy atom. The summed E-state index contributed by atoms with van der Waals surface area (Å²) in [6, 6.07) is 9.15. The maximum Gasteiger partial charge on any atom is 0.0629 e. The zero-order chi connectivity index (χ0) is 15.1. The van der Waals surface area contributed by atoms with E-state index < -0.39 is 0 Å². The van der Waals surface area contributed by atoms with Crippen molar-refractivity contribution >= 4 is 0 Å². The van der Waals surface area contributed by atoms with E-state index in [2.05, 4.69) is 0 Å². The minimum atomic E-state index is -0.360. The highest BCUT2D eigenvalue weighted by Crippen LogP contribution is 2.32. The van der Waals surface area contributed by atoms with Crippen LogP contribution in [0.5, 0.6) is 0 Å². The van der Waals surface area contributed by atoms with Crippen LogP contribution in [0.15, 0.2) is 54.5 Å². The van der Waals surface area contributed by atoms with Crippen LogP contribution in [0.2, 0.25) is 0 Å². The van der Waals surface area contributed by atoms with Crippen molar-refractivity contribution in [2.24, 2.45) is 0 Å². The van der Waals surface area contributed by atoms with Gasteiger partial charge in [-0.2, -0.15) is 0 Å². The largest absolute Gasteiger partial charge is 0.0629 e. The van der Waals surface area contributed by atoms with Gasteiger partial charge in [-0.15, -0.1) is 0 Å². The molecule has 0 heteroatoms. The van der Waals surface area contributed by atoms with Crippen molar-refractivity contribution in [3.8, 4) is 11.1 Å².